The van der Waals surface area contributed by atoms with Crippen molar-refractivity contribution in [1.29, 1.82) is 0 Å². The number of halogens is 1. The molecule has 0 radical (unpaired) electrons. The van der Waals surface area contributed by atoms with E-state index in [1.54, 1.807) is 0 Å². The van der Waals surface area contributed by atoms with Crippen LogP contribution in [-0.2, 0) is 16.0 Å². The van der Waals surface area contributed by atoms with E-state index in [2.05, 4.69) is 5.32 Å². The number of benzene rings is 1. The first-order chi connectivity index (χ1) is 12.6. The molecule has 142 valence electrons. The van der Waals surface area contributed by atoms with E-state index in [-0.39, 0.29) is 17.7 Å². The lowest BCUT2D eigenvalue weighted by Crippen LogP contribution is -2.42. The summed E-state index contributed by atoms with van der Waals surface area (Å²) in [4.78, 5) is 27.0. The minimum atomic E-state index is 0.0608. The van der Waals surface area contributed by atoms with Gasteiger partial charge in [0.2, 0.25) is 11.8 Å². The second kappa shape index (κ2) is 9.40. The number of hydrogen-bond acceptors (Lipinski definition) is 2. The molecule has 1 heterocycles. The van der Waals surface area contributed by atoms with E-state index in [1.165, 1.54) is 12.0 Å². The standard InChI is InChI=1S/C21H29ClN2O2/c22-19-10-4-16(5-11-19)12-13-23-20(25)17-6-8-18(9-7-17)21(26)24-14-2-1-3-15-24/h4-5,10-11,17-18H,1-3,6-9,12-15H2,(H,23,25). The maximum absolute atomic E-state index is 12.6. The van der Waals surface area contributed by atoms with E-state index in [9.17, 15) is 9.59 Å². The number of amides is 2. The third kappa shape index (κ3) is 5.23. The van der Waals surface area contributed by atoms with Gasteiger partial charge in [-0.15, -0.1) is 0 Å². The van der Waals surface area contributed by atoms with Crippen molar-refractivity contribution in [3.63, 3.8) is 0 Å². The van der Waals surface area contributed by atoms with Crippen LogP contribution in [0.15, 0.2) is 24.3 Å². The quantitative estimate of drug-likeness (QED) is 0.849. The van der Waals surface area contributed by atoms with Crippen molar-refractivity contribution in [1.82, 2.24) is 10.2 Å². The lowest BCUT2D eigenvalue weighted by atomic mass is 9.80. The van der Waals surface area contributed by atoms with E-state index in [0.29, 0.717) is 12.5 Å². The van der Waals surface area contributed by atoms with Gasteiger partial charge in [0, 0.05) is 36.5 Å². The number of piperidine rings is 1. The van der Waals surface area contributed by atoms with Crippen LogP contribution in [0.1, 0.15) is 50.5 Å². The minimum absolute atomic E-state index is 0.0608. The second-order valence-electron chi connectivity index (χ2n) is 7.60. The number of hydrogen-bond donors (Lipinski definition) is 1. The summed E-state index contributed by atoms with van der Waals surface area (Å²) >= 11 is 5.88. The van der Waals surface area contributed by atoms with Gasteiger partial charge in [-0.25, -0.2) is 0 Å². The van der Waals surface area contributed by atoms with Gasteiger partial charge in [0.25, 0.3) is 0 Å². The first-order valence-corrected chi connectivity index (χ1v) is 10.3. The Morgan fingerprint density at radius 2 is 1.58 bits per heavy atom. The van der Waals surface area contributed by atoms with E-state index in [1.807, 2.05) is 29.2 Å². The molecule has 5 heteroatoms. The van der Waals surface area contributed by atoms with Crippen LogP contribution in [0.25, 0.3) is 0 Å². The maximum atomic E-state index is 12.6. The maximum Gasteiger partial charge on any atom is 0.225 e. The molecule has 2 fully saturated rings. The molecule has 1 saturated heterocycles. The zero-order chi connectivity index (χ0) is 18.4. The third-order valence-corrected chi connectivity index (χ3v) is 5.99. The van der Waals surface area contributed by atoms with Crippen molar-refractivity contribution in [3.05, 3.63) is 34.9 Å². The highest BCUT2D eigenvalue weighted by Crippen LogP contribution is 2.31. The summed E-state index contributed by atoms with van der Waals surface area (Å²) in [6.45, 7) is 2.49. The fraction of sp³-hybridized carbons (Fsp3) is 0.619. The van der Waals surface area contributed by atoms with Crippen LogP contribution in [0, 0.1) is 11.8 Å². The predicted molar refractivity (Wildman–Crippen MR) is 104 cm³/mol. The topological polar surface area (TPSA) is 49.4 Å². The van der Waals surface area contributed by atoms with E-state index >= 15 is 0 Å². The molecule has 1 saturated carbocycles. The highest BCUT2D eigenvalue weighted by Gasteiger charge is 2.32. The lowest BCUT2D eigenvalue weighted by molar-refractivity contribution is -0.139. The summed E-state index contributed by atoms with van der Waals surface area (Å²) in [6.07, 6.45) is 7.69. The highest BCUT2D eigenvalue weighted by atomic mass is 35.5. The predicted octanol–water partition coefficient (Wildman–Crippen LogP) is 3.82. The van der Waals surface area contributed by atoms with Crippen molar-refractivity contribution >= 4 is 23.4 Å². The minimum Gasteiger partial charge on any atom is -0.356 e. The Hall–Kier alpha value is -1.55. The Balaban J connectivity index is 1.37. The van der Waals surface area contributed by atoms with Gasteiger partial charge in [0.05, 0.1) is 0 Å². The van der Waals surface area contributed by atoms with Crippen LogP contribution < -0.4 is 5.32 Å². The Morgan fingerprint density at radius 1 is 0.962 bits per heavy atom. The second-order valence-corrected chi connectivity index (χ2v) is 8.04. The van der Waals surface area contributed by atoms with Crippen molar-refractivity contribution in [2.75, 3.05) is 19.6 Å². The van der Waals surface area contributed by atoms with Gasteiger partial charge in [-0.2, -0.15) is 0 Å². The monoisotopic (exact) mass is 376 g/mol. The van der Waals surface area contributed by atoms with Crippen LogP contribution in [0.3, 0.4) is 0 Å². The zero-order valence-corrected chi connectivity index (χ0v) is 16.1. The molecule has 4 nitrogen and oxygen atoms in total. The van der Waals surface area contributed by atoms with E-state index in [0.717, 1.165) is 63.1 Å². The number of carbonyl (C=O) groups is 2. The Morgan fingerprint density at radius 3 is 2.23 bits per heavy atom. The summed E-state index contributed by atoms with van der Waals surface area (Å²) < 4.78 is 0. The SMILES string of the molecule is O=C(NCCc1ccc(Cl)cc1)C1CCC(C(=O)N2CCCCC2)CC1. The summed E-state index contributed by atoms with van der Waals surface area (Å²) in [6, 6.07) is 7.73. The first-order valence-electron chi connectivity index (χ1n) is 9.94. The number of rotatable bonds is 5. The van der Waals surface area contributed by atoms with Gasteiger partial charge >= 0.3 is 0 Å². The van der Waals surface area contributed by atoms with Crippen molar-refractivity contribution in [3.8, 4) is 0 Å². The van der Waals surface area contributed by atoms with E-state index < -0.39 is 0 Å². The molecule has 1 aromatic rings. The molecule has 0 aromatic heterocycles. The third-order valence-electron chi connectivity index (χ3n) is 5.74. The lowest BCUT2D eigenvalue weighted by Gasteiger charge is -2.33. The fourth-order valence-corrected chi connectivity index (χ4v) is 4.23. The summed E-state index contributed by atoms with van der Waals surface area (Å²) in [7, 11) is 0. The molecule has 0 spiro atoms. The number of likely N-dealkylation sites (tertiary alicyclic amines) is 1. The Labute approximate surface area is 161 Å². The summed E-state index contributed by atoms with van der Waals surface area (Å²) in [5.41, 5.74) is 1.17. The molecule has 0 unspecified atom stereocenters. The Bertz CT molecular complexity index is 603. The smallest absolute Gasteiger partial charge is 0.225 e. The van der Waals surface area contributed by atoms with Gasteiger partial charge in [-0.3, -0.25) is 9.59 Å². The van der Waals surface area contributed by atoms with Gasteiger partial charge in [-0.1, -0.05) is 23.7 Å². The molecule has 2 aliphatic rings. The number of nitrogens with zero attached hydrogens (tertiary/aromatic N) is 1. The van der Waals surface area contributed by atoms with Gasteiger partial charge in [0.15, 0.2) is 0 Å². The molecule has 1 aliphatic heterocycles. The summed E-state index contributed by atoms with van der Waals surface area (Å²) in [5, 5.41) is 3.79. The normalized spacial score (nSPS) is 23.5. The average Bonchev–Trinajstić information content (AvgIpc) is 2.69. The largest absolute Gasteiger partial charge is 0.356 e. The molecule has 1 aliphatic carbocycles. The molecule has 2 amide bonds. The van der Waals surface area contributed by atoms with Crippen molar-refractivity contribution in [2.24, 2.45) is 11.8 Å². The van der Waals surface area contributed by atoms with Gasteiger partial charge in [0.1, 0.15) is 0 Å². The van der Waals surface area contributed by atoms with E-state index in [4.69, 9.17) is 11.6 Å². The molecular formula is C21H29ClN2O2. The van der Waals surface area contributed by atoms with Crippen LogP contribution in [0.5, 0.6) is 0 Å². The molecule has 1 N–H and O–H groups in total. The van der Waals surface area contributed by atoms with Gasteiger partial charge < -0.3 is 10.2 Å². The zero-order valence-electron chi connectivity index (χ0n) is 15.4. The summed E-state index contributed by atoms with van der Waals surface area (Å²) in [5.74, 6) is 0.658. The molecule has 1 aromatic carbocycles. The molecule has 0 atom stereocenters. The molecule has 26 heavy (non-hydrogen) atoms. The fourth-order valence-electron chi connectivity index (χ4n) is 4.10. The van der Waals surface area contributed by atoms with Gasteiger partial charge in [-0.05, 0) is 69.1 Å². The average molecular weight is 377 g/mol. The highest BCUT2D eigenvalue weighted by molar-refractivity contribution is 6.30. The van der Waals surface area contributed by atoms with Crippen LogP contribution >= 0.6 is 11.6 Å². The van der Waals surface area contributed by atoms with Crippen LogP contribution in [0.2, 0.25) is 5.02 Å². The number of carbonyl (C=O) groups excluding carboxylic acids is 2. The first kappa shape index (κ1) is 19.2. The Kier molecular flexibility index (Phi) is 6.95. The molecule has 0 bridgehead atoms. The molecule has 3 rings (SSSR count). The van der Waals surface area contributed by atoms with Crippen molar-refractivity contribution in [2.45, 2.75) is 51.4 Å². The van der Waals surface area contributed by atoms with Crippen LogP contribution in [0.4, 0.5) is 0 Å². The molecular weight excluding hydrogens is 348 g/mol. The van der Waals surface area contributed by atoms with Crippen molar-refractivity contribution < 1.29 is 9.59 Å². The number of nitrogens with one attached hydrogen (secondary N) is 1. The van der Waals surface area contributed by atoms with Crippen LogP contribution in [-0.4, -0.2) is 36.3 Å².